The predicted octanol–water partition coefficient (Wildman–Crippen LogP) is 5.20. The van der Waals surface area contributed by atoms with Gasteiger partial charge in [0.05, 0.1) is 22.2 Å². The highest BCUT2D eigenvalue weighted by Crippen LogP contribution is 2.38. The monoisotopic (exact) mass is 555 g/mol. The maximum absolute atomic E-state index is 14.4. The minimum atomic E-state index is -0.809. The molecule has 194 valence electrons. The number of benzene rings is 3. The maximum atomic E-state index is 14.4. The first-order valence-corrected chi connectivity index (χ1v) is 12.0. The molecule has 1 aliphatic heterocycles. The number of thiocarbonyl (C=S) groups is 1. The summed E-state index contributed by atoms with van der Waals surface area (Å²) in [7, 11) is 0. The van der Waals surface area contributed by atoms with Crippen LogP contribution >= 0.6 is 23.8 Å². The van der Waals surface area contributed by atoms with Gasteiger partial charge >= 0.3 is 0 Å². The van der Waals surface area contributed by atoms with Crippen molar-refractivity contribution in [1.82, 2.24) is 5.32 Å². The number of rotatable bonds is 8. The normalized spacial score (nSPS) is 14.4. The summed E-state index contributed by atoms with van der Waals surface area (Å²) in [5, 5.41) is 13.1. The maximum Gasteiger partial charge on any atom is 0.270 e. The first-order chi connectivity index (χ1) is 18.2. The molecule has 0 saturated carbocycles. The van der Waals surface area contributed by atoms with Gasteiger partial charge in [0.2, 0.25) is 0 Å². The number of carbonyl (C=O) groups excluding carboxylic acids is 2. The summed E-state index contributed by atoms with van der Waals surface area (Å²) in [5.74, 6) is -1.78. The van der Waals surface area contributed by atoms with E-state index in [-0.39, 0.29) is 51.8 Å². The van der Waals surface area contributed by atoms with Gasteiger partial charge in [-0.15, -0.1) is 0 Å². The molecule has 38 heavy (non-hydrogen) atoms. The van der Waals surface area contributed by atoms with Gasteiger partial charge < -0.3 is 9.47 Å². The highest BCUT2D eigenvalue weighted by atomic mass is 35.5. The van der Waals surface area contributed by atoms with E-state index < -0.39 is 22.6 Å². The van der Waals surface area contributed by atoms with Crippen LogP contribution in [0.2, 0.25) is 5.02 Å². The summed E-state index contributed by atoms with van der Waals surface area (Å²) in [6.07, 6.45) is 1.29. The number of hydrogen-bond acceptors (Lipinski definition) is 7. The minimum Gasteiger partial charge on any atom is -0.490 e. The van der Waals surface area contributed by atoms with E-state index in [0.29, 0.717) is 11.1 Å². The van der Waals surface area contributed by atoms with Crippen LogP contribution in [0.5, 0.6) is 11.5 Å². The van der Waals surface area contributed by atoms with E-state index in [2.05, 4.69) is 5.32 Å². The second-order valence-corrected chi connectivity index (χ2v) is 8.68. The molecular formula is C26H19ClFN3O6S. The number of amides is 2. The molecule has 1 saturated heterocycles. The van der Waals surface area contributed by atoms with Gasteiger partial charge in [0.1, 0.15) is 18.0 Å². The van der Waals surface area contributed by atoms with E-state index in [4.69, 9.17) is 33.3 Å². The molecule has 0 aliphatic carbocycles. The second-order valence-electron chi connectivity index (χ2n) is 7.88. The average Bonchev–Trinajstić information content (AvgIpc) is 2.87. The van der Waals surface area contributed by atoms with E-state index in [1.165, 1.54) is 54.6 Å². The topological polar surface area (TPSA) is 111 Å². The van der Waals surface area contributed by atoms with Gasteiger partial charge in [0, 0.05) is 12.1 Å². The van der Waals surface area contributed by atoms with Crippen molar-refractivity contribution in [2.24, 2.45) is 0 Å². The highest BCUT2D eigenvalue weighted by molar-refractivity contribution is 7.80. The van der Waals surface area contributed by atoms with E-state index in [9.17, 15) is 24.1 Å². The van der Waals surface area contributed by atoms with Crippen molar-refractivity contribution in [2.45, 2.75) is 13.5 Å². The molecule has 0 atom stereocenters. The van der Waals surface area contributed by atoms with Gasteiger partial charge in [-0.05, 0) is 72.7 Å². The number of nitrogens with zero attached hydrogens (tertiary/aromatic N) is 2. The number of anilines is 1. The van der Waals surface area contributed by atoms with E-state index >= 15 is 0 Å². The van der Waals surface area contributed by atoms with Crippen LogP contribution in [0, 0.1) is 15.9 Å². The lowest BCUT2D eigenvalue weighted by Gasteiger charge is -2.29. The van der Waals surface area contributed by atoms with Crippen LogP contribution in [0.1, 0.15) is 18.1 Å². The van der Waals surface area contributed by atoms with Crippen molar-refractivity contribution in [3.8, 4) is 11.5 Å². The summed E-state index contributed by atoms with van der Waals surface area (Å²) >= 11 is 11.6. The molecule has 0 unspecified atom stereocenters. The van der Waals surface area contributed by atoms with Gasteiger partial charge in [-0.25, -0.2) is 9.29 Å². The molecule has 4 rings (SSSR count). The Morgan fingerprint density at radius 1 is 1.13 bits per heavy atom. The number of para-hydroxylation sites is 1. The zero-order valence-corrected chi connectivity index (χ0v) is 21.3. The minimum absolute atomic E-state index is 0.0465. The lowest BCUT2D eigenvalue weighted by molar-refractivity contribution is -0.384. The molecule has 3 aromatic carbocycles. The predicted molar refractivity (Wildman–Crippen MR) is 143 cm³/mol. The summed E-state index contributed by atoms with van der Waals surface area (Å²) in [4.78, 5) is 37.1. The van der Waals surface area contributed by atoms with E-state index in [1.807, 2.05) is 0 Å². The Morgan fingerprint density at radius 3 is 2.50 bits per heavy atom. The molecule has 3 aromatic rings. The molecule has 0 bridgehead atoms. The van der Waals surface area contributed by atoms with Crippen molar-refractivity contribution in [3.63, 3.8) is 0 Å². The number of nitrogens with one attached hydrogen (secondary N) is 1. The summed E-state index contributed by atoms with van der Waals surface area (Å²) in [5.41, 5.74) is 0.570. The Bertz CT molecular complexity index is 1480. The largest absolute Gasteiger partial charge is 0.490 e. The Balaban J connectivity index is 1.64. The van der Waals surface area contributed by atoms with Crippen LogP contribution in [-0.4, -0.2) is 28.5 Å². The molecule has 1 aliphatic rings. The smallest absolute Gasteiger partial charge is 0.270 e. The third-order valence-corrected chi connectivity index (χ3v) is 5.93. The number of hydrogen-bond donors (Lipinski definition) is 1. The molecule has 2 amide bonds. The summed E-state index contributed by atoms with van der Waals surface area (Å²) < 4.78 is 25.9. The molecule has 0 aromatic heterocycles. The average molecular weight is 556 g/mol. The number of carbonyl (C=O) groups is 2. The van der Waals surface area contributed by atoms with E-state index in [1.54, 1.807) is 19.1 Å². The standard InChI is InChI=1S/C26H19ClFN3O6S/c1-2-36-22-13-16(12-19(27)23(22)37-14-15-7-9-17(10-8-15)31(34)35)11-18-24(32)29-26(38)30(25(18)33)21-6-4-3-5-20(21)28/h3-13H,2,14H2,1H3,(H,29,32,38)/b18-11+. The zero-order valence-electron chi connectivity index (χ0n) is 19.8. The first kappa shape index (κ1) is 26.7. The Morgan fingerprint density at radius 2 is 1.84 bits per heavy atom. The van der Waals surface area contributed by atoms with Gasteiger partial charge in [0.15, 0.2) is 16.6 Å². The molecule has 1 heterocycles. The Kier molecular flexibility index (Phi) is 7.99. The third kappa shape index (κ3) is 5.63. The number of ether oxygens (including phenoxy) is 2. The van der Waals surface area contributed by atoms with Crippen LogP contribution < -0.4 is 19.7 Å². The van der Waals surface area contributed by atoms with Crippen LogP contribution in [-0.2, 0) is 16.2 Å². The zero-order chi connectivity index (χ0) is 27.4. The van der Waals surface area contributed by atoms with Gasteiger partial charge in [-0.3, -0.25) is 25.0 Å². The Labute approximate surface area is 226 Å². The molecule has 0 spiro atoms. The lowest BCUT2D eigenvalue weighted by Crippen LogP contribution is -2.54. The molecule has 0 radical (unpaired) electrons. The summed E-state index contributed by atoms with van der Waals surface area (Å²) in [6.45, 7) is 2.07. The van der Waals surface area contributed by atoms with Crippen LogP contribution in [0.4, 0.5) is 15.8 Å². The van der Waals surface area contributed by atoms with Crippen molar-refractivity contribution in [3.05, 3.63) is 98.3 Å². The van der Waals surface area contributed by atoms with Gasteiger partial charge in [-0.2, -0.15) is 0 Å². The molecule has 1 fully saturated rings. The first-order valence-electron chi connectivity index (χ1n) is 11.2. The summed E-state index contributed by atoms with van der Waals surface area (Å²) in [6, 6.07) is 14.4. The fraction of sp³-hybridized carbons (Fsp3) is 0.115. The van der Waals surface area contributed by atoms with E-state index in [0.717, 1.165) is 4.90 Å². The molecule has 12 heteroatoms. The number of halogens is 2. The van der Waals surface area contributed by atoms with Crippen LogP contribution in [0.3, 0.4) is 0 Å². The fourth-order valence-corrected chi connectivity index (χ4v) is 4.17. The third-order valence-electron chi connectivity index (χ3n) is 5.37. The quantitative estimate of drug-likeness (QED) is 0.134. The van der Waals surface area contributed by atoms with Gasteiger partial charge in [-0.1, -0.05) is 23.7 Å². The second kappa shape index (κ2) is 11.4. The molecular weight excluding hydrogens is 537 g/mol. The lowest BCUT2D eigenvalue weighted by atomic mass is 10.1. The van der Waals surface area contributed by atoms with Crippen molar-refractivity contribution < 1.29 is 28.4 Å². The number of nitro benzene ring substituents is 1. The van der Waals surface area contributed by atoms with Crippen LogP contribution in [0.25, 0.3) is 6.08 Å². The molecule has 1 N–H and O–H groups in total. The van der Waals surface area contributed by atoms with Crippen molar-refractivity contribution in [2.75, 3.05) is 11.5 Å². The number of non-ortho nitro benzene ring substituents is 1. The van der Waals surface area contributed by atoms with Crippen molar-refractivity contribution in [1.29, 1.82) is 0 Å². The van der Waals surface area contributed by atoms with Gasteiger partial charge in [0.25, 0.3) is 17.5 Å². The van der Waals surface area contributed by atoms with Crippen molar-refractivity contribution >= 4 is 58.2 Å². The van der Waals surface area contributed by atoms with Crippen LogP contribution in [0.15, 0.2) is 66.2 Å². The Hall–Kier alpha value is -4.35. The molecule has 9 nitrogen and oxygen atoms in total. The fourth-order valence-electron chi connectivity index (χ4n) is 3.62. The highest BCUT2D eigenvalue weighted by Gasteiger charge is 2.35. The SMILES string of the molecule is CCOc1cc(/C=C2\C(=O)NC(=S)N(c3ccccc3F)C2=O)cc(Cl)c1OCc1ccc([N+](=O)[O-])cc1. The number of nitro groups is 1.